The Balaban J connectivity index is 3.47. The number of hydrogen-bond donors (Lipinski definition) is 3. The topological polar surface area (TPSA) is 73.2 Å². The summed E-state index contributed by atoms with van der Waals surface area (Å²) in [5.74, 6) is 0. The Morgan fingerprint density at radius 3 is 1.33 bits per heavy atom. The summed E-state index contributed by atoms with van der Waals surface area (Å²) in [6, 6.07) is 0. The molecule has 182 valence electrons. The van der Waals surface area contributed by atoms with E-state index < -0.39 is 12.3 Å². The van der Waals surface area contributed by atoms with Gasteiger partial charge in [-0.3, -0.25) is 4.90 Å². The minimum Gasteiger partial charge on any atom is -0.395 e. The molecule has 0 aromatic carbocycles. The molecule has 0 aromatic rings. The predicted octanol–water partition coefficient (Wildman–Crippen LogP) is 5.26. The SMILES string of the molecule is CCCCCCCCCCCCCCCCCCOC(C(C)O)N(CCO)CCO. The second kappa shape index (κ2) is 23.5. The third-order valence-electron chi connectivity index (χ3n) is 5.83. The average molecular weight is 432 g/mol. The molecule has 0 radical (unpaired) electrons. The molecule has 0 saturated heterocycles. The molecule has 30 heavy (non-hydrogen) atoms. The molecule has 0 rings (SSSR count). The molecular weight excluding hydrogens is 378 g/mol. The fraction of sp³-hybridized carbons (Fsp3) is 1.00. The quantitative estimate of drug-likeness (QED) is 0.144. The zero-order chi connectivity index (χ0) is 22.3. The van der Waals surface area contributed by atoms with Gasteiger partial charge in [0.1, 0.15) is 6.23 Å². The Morgan fingerprint density at radius 1 is 0.633 bits per heavy atom. The van der Waals surface area contributed by atoms with Crippen LogP contribution in [0.4, 0.5) is 0 Å². The Kier molecular flexibility index (Phi) is 23.3. The fourth-order valence-corrected chi connectivity index (χ4v) is 4.03. The van der Waals surface area contributed by atoms with Crippen LogP contribution >= 0.6 is 0 Å². The number of aliphatic hydroxyl groups is 3. The van der Waals surface area contributed by atoms with Crippen LogP contribution in [0.25, 0.3) is 0 Å². The predicted molar refractivity (Wildman–Crippen MR) is 127 cm³/mol. The van der Waals surface area contributed by atoms with Crippen molar-refractivity contribution in [3.05, 3.63) is 0 Å². The number of nitrogens with zero attached hydrogens (tertiary/aromatic N) is 1. The molecule has 0 bridgehead atoms. The van der Waals surface area contributed by atoms with E-state index in [0.717, 1.165) is 12.8 Å². The molecule has 0 saturated carbocycles. The minimum absolute atomic E-state index is 0.00831. The summed E-state index contributed by atoms with van der Waals surface area (Å²) in [6.07, 6.45) is 20.4. The van der Waals surface area contributed by atoms with E-state index in [1.54, 1.807) is 11.8 Å². The van der Waals surface area contributed by atoms with E-state index in [1.807, 2.05) is 0 Å². The number of rotatable bonds is 24. The lowest BCUT2D eigenvalue weighted by atomic mass is 10.0. The van der Waals surface area contributed by atoms with E-state index in [1.165, 1.54) is 89.9 Å². The smallest absolute Gasteiger partial charge is 0.136 e. The second-order valence-electron chi connectivity index (χ2n) is 8.79. The number of ether oxygens (including phenoxy) is 1. The molecule has 0 fully saturated rings. The summed E-state index contributed by atoms with van der Waals surface area (Å²) in [6.45, 7) is 5.36. The minimum atomic E-state index is -0.649. The molecule has 2 atom stereocenters. The first-order valence-electron chi connectivity index (χ1n) is 12.9. The molecule has 0 aliphatic carbocycles. The summed E-state index contributed by atoms with van der Waals surface area (Å²) < 4.78 is 5.84. The van der Waals surface area contributed by atoms with Gasteiger partial charge < -0.3 is 20.1 Å². The first kappa shape index (κ1) is 29.8. The summed E-state index contributed by atoms with van der Waals surface area (Å²) in [7, 11) is 0. The fourth-order valence-electron chi connectivity index (χ4n) is 4.03. The van der Waals surface area contributed by atoms with Gasteiger partial charge in [0.05, 0.1) is 19.3 Å². The average Bonchev–Trinajstić information content (AvgIpc) is 2.72. The standard InChI is InChI=1S/C25H53NO4/c1-3-4-5-6-7-8-9-10-11-12-13-14-15-16-17-18-23-30-25(24(2)29)26(19-21-27)20-22-28/h24-25,27-29H,3-23H2,1-2H3. The first-order chi connectivity index (χ1) is 14.7. The first-order valence-corrected chi connectivity index (χ1v) is 12.9. The van der Waals surface area contributed by atoms with Crippen molar-refractivity contribution in [3.8, 4) is 0 Å². The lowest BCUT2D eigenvalue weighted by Gasteiger charge is -2.32. The van der Waals surface area contributed by atoms with E-state index in [9.17, 15) is 5.11 Å². The molecule has 0 amide bonds. The van der Waals surface area contributed by atoms with E-state index in [4.69, 9.17) is 14.9 Å². The van der Waals surface area contributed by atoms with Gasteiger partial charge in [0, 0.05) is 19.7 Å². The second-order valence-corrected chi connectivity index (χ2v) is 8.79. The molecule has 0 aliphatic rings. The highest BCUT2D eigenvalue weighted by molar-refractivity contribution is 4.68. The van der Waals surface area contributed by atoms with E-state index >= 15 is 0 Å². The maximum Gasteiger partial charge on any atom is 0.136 e. The summed E-state index contributed by atoms with van der Waals surface area (Å²) >= 11 is 0. The summed E-state index contributed by atoms with van der Waals surface area (Å²) in [5, 5.41) is 28.2. The molecule has 5 nitrogen and oxygen atoms in total. The Morgan fingerprint density at radius 2 is 1.00 bits per heavy atom. The van der Waals surface area contributed by atoms with Crippen LogP contribution < -0.4 is 0 Å². The Labute approximate surface area is 187 Å². The number of unbranched alkanes of at least 4 members (excludes halogenated alkanes) is 15. The van der Waals surface area contributed by atoms with Crippen molar-refractivity contribution in [2.75, 3.05) is 32.9 Å². The number of aliphatic hydroxyl groups excluding tert-OH is 3. The van der Waals surface area contributed by atoms with Crippen LogP contribution in [-0.4, -0.2) is 65.5 Å². The summed E-state index contributed by atoms with van der Waals surface area (Å²) in [4.78, 5) is 1.80. The van der Waals surface area contributed by atoms with Crippen molar-refractivity contribution in [1.82, 2.24) is 4.90 Å². The van der Waals surface area contributed by atoms with Crippen LogP contribution in [0.2, 0.25) is 0 Å². The highest BCUT2D eigenvalue weighted by Crippen LogP contribution is 2.14. The van der Waals surface area contributed by atoms with Crippen molar-refractivity contribution in [3.63, 3.8) is 0 Å². The van der Waals surface area contributed by atoms with Crippen LogP contribution in [0.5, 0.6) is 0 Å². The highest BCUT2D eigenvalue weighted by Gasteiger charge is 2.23. The van der Waals surface area contributed by atoms with Gasteiger partial charge in [-0.05, 0) is 13.3 Å². The highest BCUT2D eigenvalue weighted by atomic mass is 16.5. The molecular formula is C25H53NO4. The summed E-state index contributed by atoms with van der Waals surface area (Å²) in [5.41, 5.74) is 0. The van der Waals surface area contributed by atoms with Crippen molar-refractivity contribution in [2.24, 2.45) is 0 Å². The third kappa shape index (κ3) is 18.6. The van der Waals surface area contributed by atoms with E-state index in [-0.39, 0.29) is 13.2 Å². The monoisotopic (exact) mass is 431 g/mol. The van der Waals surface area contributed by atoms with Crippen LogP contribution in [0.15, 0.2) is 0 Å². The zero-order valence-corrected chi connectivity index (χ0v) is 20.2. The van der Waals surface area contributed by atoms with Gasteiger partial charge in [0.2, 0.25) is 0 Å². The number of hydrogen-bond acceptors (Lipinski definition) is 5. The maximum atomic E-state index is 9.94. The molecule has 0 spiro atoms. The van der Waals surface area contributed by atoms with Crippen LogP contribution in [-0.2, 0) is 4.74 Å². The van der Waals surface area contributed by atoms with E-state index in [2.05, 4.69) is 6.92 Å². The molecule has 0 heterocycles. The molecule has 3 N–H and O–H groups in total. The Bertz CT molecular complexity index is 322. The van der Waals surface area contributed by atoms with Crippen molar-refractivity contribution in [2.45, 2.75) is 129 Å². The van der Waals surface area contributed by atoms with Crippen molar-refractivity contribution in [1.29, 1.82) is 0 Å². The molecule has 0 aliphatic heterocycles. The van der Waals surface area contributed by atoms with Gasteiger partial charge in [0.15, 0.2) is 0 Å². The van der Waals surface area contributed by atoms with Crippen LogP contribution in [0, 0.1) is 0 Å². The zero-order valence-electron chi connectivity index (χ0n) is 20.2. The Hall–Kier alpha value is -0.200. The molecule has 0 aromatic heterocycles. The van der Waals surface area contributed by atoms with Crippen molar-refractivity contribution >= 4 is 0 Å². The van der Waals surface area contributed by atoms with Gasteiger partial charge in [-0.1, -0.05) is 103 Å². The lowest BCUT2D eigenvalue weighted by molar-refractivity contribution is -0.125. The molecule has 2 unspecified atom stereocenters. The largest absolute Gasteiger partial charge is 0.395 e. The van der Waals surface area contributed by atoms with Crippen molar-refractivity contribution < 1.29 is 20.1 Å². The van der Waals surface area contributed by atoms with Crippen LogP contribution in [0.3, 0.4) is 0 Å². The van der Waals surface area contributed by atoms with Gasteiger partial charge >= 0.3 is 0 Å². The molecule has 5 heteroatoms. The van der Waals surface area contributed by atoms with Gasteiger partial charge in [-0.25, -0.2) is 0 Å². The van der Waals surface area contributed by atoms with Crippen LogP contribution in [0.1, 0.15) is 117 Å². The van der Waals surface area contributed by atoms with E-state index in [0.29, 0.717) is 19.7 Å². The van der Waals surface area contributed by atoms with Gasteiger partial charge in [-0.15, -0.1) is 0 Å². The maximum absolute atomic E-state index is 9.94. The third-order valence-corrected chi connectivity index (χ3v) is 5.83. The van der Waals surface area contributed by atoms with Gasteiger partial charge in [-0.2, -0.15) is 0 Å². The van der Waals surface area contributed by atoms with Gasteiger partial charge in [0.25, 0.3) is 0 Å². The lowest BCUT2D eigenvalue weighted by Crippen LogP contribution is -2.47. The normalized spacial score (nSPS) is 13.8.